The van der Waals surface area contributed by atoms with Gasteiger partial charge in [-0.3, -0.25) is 4.79 Å². The number of nitrogens with zero attached hydrogens (tertiary/aromatic N) is 2. The van der Waals surface area contributed by atoms with Crippen LogP contribution in [0, 0.1) is 0 Å². The van der Waals surface area contributed by atoms with Crippen molar-refractivity contribution in [2.24, 2.45) is 0 Å². The van der Waals surface area contributed by atoms with Crippen LogP contribution in [-0.4, -0.2) is 35.3 Å². The van der Waals surface area contributed by atoms with Gasteiger partial charge >= 0.3 is 0 Å². The Kier molecular flexibility index (Phi) is 4.90. The summed E-state index contributed by atoms with van der Waals surface area (Å²) in [6.45, 7) is 3.41. The molecule has 0 bridgehead atoms. The largest absolute Gasteiger partial charge is 0.303 e. The number of carbonyl (C=O) groups excluding carboxylic acids is 1. The molecule has 3 nitrogen and oxygen atoms in total. The van der Waals surface area contributed by atoms with E-state index in [0.717, 1.165) is 40.0 Å². The SMILES string of the molecule is O=C(CCCN1CCCC1)c1cc(-c2cccs2)nc2ccccc12. The van der Waals surface area contributed by atoms with E-state index >= 15 is 0 Å². The topological polar surface area (TPSA) is 33.2 Å². The van der Waals surface area contributed by atoms with Crippen molar-refractivity contribution >= 4 is 28.0 Å². The number of para-hydroxylation sites is 1. The van der Waals surface area contributed by atoms with Gasteiger partial charge in [0.25, 0.3) is 0 Å². The zero-order chi connectivity index (χ0) is 17.1. The summed E-state index contributed by atoms with van der Waals surface area (Å²) >= 11 is 1.66. The number of aromatic nitrogens is 1. The molecule has 4 rings (SSSR count). The van der Waals surface area contributed by atoms with Crippen molar-refractivity contribution in [3.05, 3.63) is 53.4 Å². The van der Waals surface area contributed by atoms with Crippen LogP contribution in [0.1, 0.15) is 36.0 Å². The number of pyridine rings is 1. The summed E-state index contributed by atoms with van der Waals surface area (Å²) in [5, 5.41) is 3.01. The number of Topliss-reactive ketones (excluding diaryl/α,β-unsaturated/α-hetero) is 1. The quantitative estimate of drug-likeness (QED) is 0.585. The lowest BCUT2D eigenvalue weighted by molar-refractivity contribution is 0.0977. The van der Waals surface area contributed by atoms with Gasteiger partial charge in [-0.1, -0.05) is 24.3 Å². The van der Waals surface area contributed by atoms with Crippen LogP contribution < -0.4 is 0 Å². The van der Waals surface area contributed by atoms with Crippen LogP contribution in [-0.2, 0) is 0 Å². The predicted molar refractivity (Wildman–Crippen MR) is 104 cm³/mol. The standard InChI is InChI=1S/C21H22N2OS/c24-20(9-5-13-23-11-3-4-12-23)17-15-19(21-10-6-14-25-21)22-18-8-2-1-7-16(17)18/h1-2,6-8,10,14-15H,3-5,9,11-13H2. The minimum atomic E-state index is 0.232. The van der Waals surface area contributed by atoms with E-state index in [9.17, 15) is 4.79 Å². The molecular weight excluding hydrogens is 328 g/mol. The predicted octanol–water partition coefficient (Wildman–Crippen LogP) is 5.02. The van der Waals surface area contributed by atoms with Gasteiger partial charge in [0, 0.05) is 17.4 Å². The molecule has 3 aromatic rings. The van der Waals surface area contributed by atoms with E-state index < -0.39 is 0 Å². The summed E-state index contributed by atoms with van der Waals surface area (Å²) < 4.78 is 0. The Morgan fingerprint density at radius 2 is 1.96 bits per heavy atom. The fraction of sp³-hybridized carbons (Fsp3) is 0.333. The Morgan fingerprint density at radius 3 is 2.76 bits per heavy atom. The molecule has 0 unspecified atom stereocenters. The van der Waals surface area contributed by atoms with Gasteiger partial charge in [-0.15, -0.1) is 11.3 Å². The monoisotopic (exact) mass is 350 g/mol. The second-order valence-electron chi connectivity index (χ2n) is 6.62. The average Bonchev–Trinajstić information content (AvgIpc) is 3.34. The fourth-order valence-electron chi connectivity index (χ4n) is 3.56. The lowest BCUT2D eigenvalue weighted by Crippen LogP contribution is -2.21. The van der Waals surface area contributed by atoms with Gasteiger partial charge in [-0.05, 0) is 62.5 Å². The Hall–Kier alpha value is -2.04. The maximum absolute atomic E-state index is 12.9. The highest BCUT2D eigenvalue weighted by atomic mass is 32.1. The molecule has 0 aliphatic carbocycles. The molecule has 1 aromatic carbocycles. The van der Waals surface area contributed by atoms with E-state index in [-0.39, 0.29) is 5.78 Å². The molecule has 0 spiro atoms. The van der Waals surface area contributed by atoms with Crippen molar-refractivity contribution in [3.8, 4) is 10.6 Å². The van der Waals surface area contributed by atoms with E-state index in [4.69, 9.17) is 4.98 Å². The number of likely N-dealkylation sites (tertiary alicyclic amines) is 1. The minimum Gasteiger partial charge on any atom is -0.303 e. The molecule has 25 heavy (non-hydrogen) atoms. The summed E-state index contributed by atoms with van der Waals surface area (Å²) in [7, 11) is 0. The number of carbonyl (C=O) groups is 1. The number of hydrogen-bond acceptors (Lipinski definition) is 4. The fourth-order valence-corrected chi connectivity index (χ4v) is 4.25. The Balaban J connectivity index is 1.59. The molecule has 4 heteroatoms. The maximum Gasteiger partial charge on any atom is 0.163 e. The molecule has 0 amide bonds. The molecule has 1 aliphatic rings. The molecule has 0 saturated carbocycles. The lowest BCUT2D eigenvalue weighted by Gasteiger charge is -2.14. The van der Waals surface area contributed by atoms with Crippen LogP contribution in [0.2, 0.25) is 0 Å². The highest BCUT2D eigenvalue weighted by Crippen LogP contribution is 2.28. The summed E-state index contributed by atoms with van der Waals surface area (Å²) in [5.74, 6) is 0.232. The molecule has 0 atom stereocenters. The molecule has 1 fully saturated rings. The van der Waals surface area contributed by atoms with Gasteiger partial charge < -0.3 is 4.90 Å². The van der Waals surface area contributed by atoms with Gasteiger partial charge in [0.15, 0.2) is 5.78 Å². The summed E-state index contributed by atoms with van der Waals surface area (Å²) in [6.07, 6.45) is 4.14. The van der Waals surface area contributed by atoms with Crippen molar-refractivity contribution in [1.82, 2.24) is 9.88 Å². The third-order valence-corrected chi connectivity index (χ3v) is 5.76. The van der Waals surface area contributed by atoms with Crippen molar-refractivity contribution in [3.63, 3.8) is 0 Å². The average molecular weight is 350 g/mol. The Morgan fingerprint density at radius 1 is 1.12 bits per heavy atom. The number of fused-ring (bicyclic) bond motifs is 1. The van der Waals surface area contributed by atoms with Crippen LogP contribution in [0.5, 0.6) is 0 Å². The first-order valence-corrected chi connectivity index (χ1v) is 9.88. The van der Waals surface area contributed by atoms with Crippen LogP contribution in [0.4, 0.5) is 0 Å². The zero-order valence-electron chi connectivity index (χ0n) is 14.3. The van der Waals surface area contributed by atoms with E-state index in [1.807, 2.05) is 41.8 Å². The van der Waals surface area contributed by atoms with E-state index in [1.54, 1.807) is 11.3 Å². The first kappa shape index (κ1) is 16.4. The third-order valence-electron chi connectivity index (χ3n) is 4.87. The number of thiophene rings is 1. The van der Waals surface area contributed by atoms with E-state index in [0.29, 0.717) is 6.42 Å². The molecule has 3 heterocycles. The molecule has 0 N–H and O–H groups in total. The molecule has 128 valence electrons. The number of ketones is 1. The van der Waals surface area contributed by atoms with Crippen molar-refractivity contribution < 1.29 is 4.79 Å². The highest BCUT2D eigenvalue weighted by Gasteiger charge is 2.16. The van der Waals surface area contributed by atoms with Gasteiger partial charge in [0.1, 0.15) is 0 Å². The van der Waals surface area contributed by atoms with E-state index in [1.165, 1.54) is 25.9 Å². The van der Waals surface area contributed by atoms with Gasteiger partial charge in [-0.25, -0.2) is 4.98 Å². The molecule has 1 saturated heterocycles. The summed E-state index contributed by atoms with van der Waals surface area (Å²) in [5.41, 5.74) is 2.61. The Bertz CT molecular complexity index is 867. The minimum absolute atomic E-state index is 0.232. The molecule has 2 aromatic heterocycles. The third kappa shape index (κ3) is 3.65. The van der Waals surface area contributed by atoms with Gasteiger partial charge in [0.2, 0.25) is 0 Å². The number of hydrogen-bond donors (Lipinski definition) is 0. The first-order chi connectivity index (χ1) is 12.3. The van der Waals surface area contributed by atoms with Crippen molar-refractivity contribution in [2.45, 2.75) is 25.7 Å². The summed E-state index contributed by atoms with van der Waals surface area (Å²) in [4.78, 5) is 21.2. The second kappa shape index (κ2) is 7.46. The lowest BCUT2D eigenvalue weighted by atomic mass is 10.0. The van der Waals surface area contributed by atoms with Crippen molar-refractivity contribution in [1.29, 1.82) is 0 Å². The van der Waals surface area contributed by atoms with Crippen molar-refractivity contribution in [2.75, 3.05) is 19.6 Å². The van der Waals surface area contributed by atoms with Crippen LogP contribution in [0.25, 0.3) is 21.5 Å². The van der Waals surface area contributed by atoms with Crippen LogP contribution in [0.3, 0.4) is 0 Å². The number of rotatable bonds is 6. The highest BCUT2D eigenvalue weighted by molar-refractivity contribution is 7.13. The summed E-state index contributed by atoms with van der Waals surface area (Å²) in [6, 6.07) is 14.0. The Labute approximate surface area is 152 Å². The maximum atomic E-state index is 12.9. The van der Waals surface area contributed by atoms with Crippen LogP contribution in [0.15, 0.2) is 47.8 Å². The smallest absolute Gasteiger partial charge is 0.163 e. The zero-order valence-corrected chi connectivity index (χ0v) is 15.1. The van der Waals surface area contributed by atoms with E-state index in [2.05, 4.69) is 11.0 Å². The van der Waals surface area contributed by atoms with Gasteiger partial charge in [-0.2, -0.15) is 0 Å². The normalized spacial score (nSPS) is 15.0. The molecule has 1 aliphatic heterocycles. The molecule has 0 radical (unpaired) electrons. The molecular formula is C21H22N2OS. The second-order valence-corrected chi connectivity index (χ2v) is 7.57. The van der Waals surface area contributed by atoms with Gasteiger partial charge in [0.05, 0.1) is 16.1 Å². The van der Waals surface area contributed by atoms with Crippen LogP contribution >= 0.6 is 11.3 Å². The first-order valence-electron chi connectivity index (χ1n) is 9.00. The number of benzene rings is 1.